The summed E-state index contributed by atoms with van der Waals surface area (Å²) in [6.07, 6.45) is 0. The Labute approximate surface area is 149 Å². The quantitative estimate of drug-likeness (QED) is 0.341. The SMILES string of the molecule is Clc1ccc(-c2nc3c(Cl)c(Cl)c(Cl)c(Cl)c3[nH]2)cc1Cl. The van der Waals surface area contributed by atoms with Crippen molar-refractivity contribution in [3.63, 3.8) is 0 Å². The fourth-order valence-corrected chi connectivity index (χ4v) is 3.11. The van der Waals surface area contributed by atoms with E-state index < -0.39 is 0 Å². The first-order chi connectivity index (χ1) is 9.90. The van der Waals surface area contributed by atoms with Gasteiger partial charge in [-0.1, -0.05) is 69.6 Å². The topological polar surface area (TPSA) is 28.7 Å². The maximum Gasteiger partial charge on any atom is 0.138 e. The zero-order chi connectivity index (χ0) is 15.3. The van der Waals surface area contributed by atoms with E-state index in [2.05, 4.69) is 9.97 Å². The number of halogens is 6. The number of rotatable bonds is 1. The minimum atomic E-state index is 0.169. The largest absolute Gasteiger partial charge is 0.337 e. The maximum atomic E-state index is 6.17. The summed E-state index contributed by atoms with van der Waals surface area (Å²) in [5, 5.41) is 1.73. The molecule has 0 saturated heterocycles. The van der Waals surface area contributed by atoms with E-state index in [1.54, 1.807) is 18.2 Å². The number of fused-ring (bicyclic) bond motifs is 1. The van der Waals surface area contributed by atoms with Crippen LogP contribution in [0.15, 0.2) is 18.2 Å². The molecule has 1 heterocycles. The molecule has 0 spiro atoms. The van der Waals surface area contributed by atoms with Crippen LogP contribution >= 0.6 is 69.6 Å². The molecule has 0 bridgehead atoms. The van der Waals surface area contributed by atoms with Gasteiger partial charge >= 0.3 is 0 Å². The molecule has 0 saturated carbocycles. The molecule has 0 radical (unpaired) electrons. The van der Waals surface area contributed by atoms with E-state index in [0.717, 1.165) is 5.56 Å². The molecule has 0 atom stereocenters. The Morgan fingerprint density at radius 2 is 1.43 bits per heavy atom. The van der Waals surface area contributed by atoms with Gasteiger partial charge < -0.3 is 4.98 Å². The molecule has 0 fully saturated rings. The fraction of sp³-hybridized carbons (Fsp3) is 0. The lowest BCUT2D eigenvalue weighted by Crippen LogP contribution is -1.80. The normalized spacial score (nSPS) is 11.3. The van der Waals surface area contributed by atoms with E-state index in [1.165, 1.54) is 0 Å². The third-order valence-corrected chi connectivity index (χ3v) is 5.43. The van der Waals surface area contributed by atoms with Crippen molar-refractivity contribution in [2.24, 2.45) is 0 Å². The van der Waals surface area contributed by atoms with E-state index >= 15 is 0 Å². The average molecular weight is 401 g/mol. The van der Waals surface area contributed by atoms with Crippen molar-refractivity contribution in [1.29, 1.82) is 0 Å². The number of aromatic amines is 1. The minimum absolute atomic E-state index is 0.169. The lowest BCUT2D eigenvalue weighted by Gasteiger charge is -2.02. The van der Waals surface area contributed by atoms with Crippen LogP contribution in [0.25, 0.3) is 22.4 Å². The molecule has 0 unspecified atom stereocenters. The Kier molecular flexibility index (Phi) is 4.21. The standard InChI is InChI=1S/C13H4Cl6N2/c14-5-2-1-4(3-6(5)15)13-20-11-9(18)7(16)8(17)10(19)12(11)21-13/h1-3H,(H,20,21). The van der Waals surface area contributed by atoms with Crippen molar-refractivity contribution < 1.29 is 0 Å². The van der Waals surface area contributed by atoms with Crippen LogP contribution in [0, 0.1) is 0 Å². The minimum Gasteiger partial charge on any atom is -0.337 e. The monoisotopic (exact) mass is 398 g/mol. The first kappa shape index (κ1) is 15.5. The Morgan fingerprint density at radius 3 is 2.10 bits per heavy atom. The van der Waals surface area contributed by atoms with Gasteiger partial charge in [0.1, 0.15) is 11.3 Å². The molecule has 108 valence electrons. The summed E-state index contributed by atoms with van der Waals surface area (Å²) in [5.74, 6) is 0.533. The lowest BCUT2D eigenvalue weighted by atomic mass is 10.2. The highest BCUT2D eigenvalue weighted by Crippen LogP contribution is 2.42. The van der Waals surface area contributed by atoms with E-state index in [1.807, 2.05) is 0 Å². The zero-order valence-corrected chi connectivity index (χ0v) is 14.5. The number of nitrogens with one attached hydrogen (secondary N) is 1. The number of benzene rings is 2. The number of H-pyrrole nitrogens is 1. The summed E-state index contributed by atoms with van der Waals surface area (Å²) < 4.78 is 0. The molecule has 3 rings (SSSR count). The van der Waals surface area contributed by atoms with Crippen LogP contribution in [-0.2, 0) is 0 Å². The molecule has 8 heteroatoms. The van der Waals surface area contributed by atoms with Gasteiger partial charge in [-0.25, -0.2) is 4.98 Å². The van der Waals surface area contributed by atoms with Crippen LogP contribution in [0.2, 0.25) is 30.1 Å². The number of hydrogen-bond donors (Lipinski definition) is 1. The number of imidazole rings is 1. The summed E-state index contributed by atoms with van der Waals surface area (Å²) in [6.45, 7) is 0. The van der Waals surface area contributed by atoms with E-state index in [0.29, 0.717) is 26.9 Å². The van der Waals surface area contributed by atoms with Crippen LogP contribution in [-0.4, -0.2) is 9.97 Å². The second-order valence-electron chi connectivity index (χ2n) is 4.19. The summed E-state index contributed by atoms with van der Waals surface area (Å²) in [6, 6.07) is 5.14. The Bertz CT molecular complexity index is 826. The highest BCUT2D eigenvalue weighted by Gasteiger charge is 2.19. The Morgan fingerprint density at radius 1 is 0.762 bits per heavy atom. The summed E-state index contributed by atoms with van der Waals surface area (Å²) in [4.78, 5) is 7.46. The van der Waals surface area contributed by atoms with Crippen LogP contribution in [0.1, 0.15) is 0 Å². The number of nitrogens with zero attached hydrogens (tertiary/aromatic N) is 1. The first-order valence-corrected chi connectivity index (χ1v) is 7.84. The van der Waals surface area contributed by atoms with Gasteiger partial charge in [-0.3, -0.25) is 0 Å². The Balaban J connectivity index is 2.28. The van der Waals surface area contributed by atoms with Crippen LogP contribution in [0.5, 0.6) is 0 Å². The molecule has 0 aliphatic carbocycles. The van der Waals surface area contributed by atoms with Crippen molar-refractivity contribution in [1.82, 2.24) is 9.97 Å². The molecule has 1 aromatic heterocycles. The maximum absolute atomic E-state index is 6.17. The highest BCUT2D eigenvalue weighted by molar-refractivity contribution is 6.55. The molecule has 2 aromatic carbocycles. The number of aromatic nitrogens is 2. The van der Waals surface area contributed by atoms with Crippen molar-refractivity contribution in [2.45, 2.75) is 0 Å². The highest BCUT2D eigenvalue weighted by atomic mass is 35.5. The van der Waals surface area contributed by atoms with Gasteiger partial charge in [0.05, 0.1) is 35.7 Å². The molecule has 1 N–H and O–H groups in total. The van der Waals surface area contributed by atoms with Gasteiger partial charge in [-0.2, -0.15) is 0 Å². The average Bonchev–Trinajstić information content (AvgIpc) is 2.91. The molecular formula is C13H4Cl6N2. The molecule has 2 nitrogen and oxygen atoms in total. The summed E-state index contributed by atoms with van der Waals surface area (Å²) in [5.41, 5.74) is 1.69. The van der Waals surface area contributed by atoms with Gasteiger partial charge in [0, 0.05) is 5.56 Å². The second-order valence-corrected chi connectivity index (χ2v) is 6.52. The fourth-order valence-electron chi connectivity index (χ4n) is 1.88. The van der Waals surface area contributed by atoms with E-state index in [4.69, 9.17) is 69.6 Å². The smallest absolute Gasteiger partial charge is 0.138 e. The van der Waals surface area contributed by atoms with Crippen molar-refractivity contribution in [2.75, 3.05) is 0 Å². The zero-order valence-electron chi connectivity index (χ0n) is 9.95. The third-order valence-electron chi connectivity index (χ3n) is 2.90. The molecule has 0 aliphatic heterocycles. The van der Waals surface area contributed by atoms with Crippen LogP contribution in [0.4, 0.5) is 0 Å². The Hall–Kier alpha value is -0.350. The molecule has 0 amide bonds. The predicted molar refractivity (Wildman–Crippen MR) is 91.6 cm³/mol. The summed E-state index contributed by atoms with van der Waals surface area (Å²) >= 11 is 36.3. The second kappa shape index (κ2) is 5.69. The number of hydrogen-bond acceptors (Lipinski definition) is 1. The van der Waals surface area contributed by atoms with Gasteiger partial charge in [-0.05, 0) is 18.2 Å². The molecule has 3 aromatic rings. The van der Waals surface area contributed by atoms with Gasteiger partial charge in [0.2, 0.25) is 0 Å². The van der Waals surface area contributed by atoms with Crippen molar-refractivity contribution in [3.8, 4) is 11.4 Å². The van der Waals surface area contributed by atoms with Gasteiger partial charge in [-0.15, -0.1) is 0 Å². The van der Waals surface area contributed by atoms with Crippen LogP contribution < -0.4 is 0 Å². The lowest BCUT2D eigenvalue weighted by molar-refractivity contribution is 1.34. The molecular weight excluding hydrogens is 397 g/mol. The van der Waals surface area contributed by atoms with E-state index in [9.17, 15) is 0 Å². The summed E-state index contributed by atoms with van der Waals surface area (Å²) in [7, 11) is 0. The van der Waals surface area contributed by atoms with Crippen LogP contribution in [0.3, 0.4) is 0 Å². The molecule has 21 heavy (non-hydrogen) atoms. The van der Waals surface area contributed by atoms with Gasteiger partial charge in [0.15, 0.2) is 0 Å². The predicted octanol–water partition coefficient (Wildman–Crippen LogP) is 7.15. The third kappa shape index (κ3) is 2.59. The molecule has 0 aliphatic rings. The van der Waals surface area contributed by atoms with E-state index in [-0.39, 0.29) is 20.1 Å². The van der Waals surface area contributed by atoms with Gasteiger partial charge in [0.25, 0.3) is 0 Å². The van der Waals surface area contributed by atoms with Crippen molar-refractivity contribution >= 4 is 80.6 Å². The van der Waals surface area contributed by atoms with Crippen molar-refractivity contribution in [3.05, 3.63) is 48.3 Å². The first-order valence-electron chi connectivity index (χ1n) is 5.57.